The van der Waals surface area contributed by atoms with E-state index >= 15 is 0 Å². The molecular weight excluding hydrogens is 252 g/mol. The summed E-state index contributed by atoms with van der Waals surface area (Å²) in [7, 11) is -3.82. The molecule has 0 bridgehead atoms. The minimum absolute atomic E-state index is 0.0744. The van der Waals surface area contributed by atoms with E-state index in [1.165, 1.54) is 25.1 Å². The summed E-state index contributed by atoms with van der Waals surface area (Å²) in [6, 6.07) is 10.1. The van der Waals surface area contributed by atoms with Crippen molar-refractivity contribution < 1.29 is 18.6 Å². The summed E-state index contributed by atoms with van der Waals surface area (Å²) in [5, 5.41) is 19.3. The van der Waals surface area contributed by atoms with Gasteiger partial charge in [0, 0.05) is 6.07 Å². The van der Waals surface area contributed by atoms with Crippen LogP contribution in [0.1, 0.15) is 5.56 Å². The van der Waals surface area contributed by atoms with Gasteiger partial charge < -0.3 is 10.2 Å². The fourth-order valence-electron chi connectivity index (χ4n) is 1.66. The van der Waals surface area contributed by atoms with Crippen LogP contribution in [0.4, 0.5) is 0 Å². The maximum Gasteiger partial charge on any atom is 0.210 e. The molecule has 2 aromatic carbocycles. The topological polar surface area (TPSA) is 74.6 Å². The van der Waals surface area contributed by atoms with Gasteiger partial charge in [0.15, 0.2) is 0 Å². The Balaban J connectivity index is 2.70. The molecule has 0 saturated carbocycles. The summed E-state index contributed by atoms with van der Waals surface area (Å²) >= 11 is 0. The molecule has 94 valence electrons. The maximum absolute atomic E-state index is 12.3. The average molecular weight is 264 g/mol. The Morgan fingerprint density at radius 3 is 2.22 bits per heavy atom. The third-order valence-corrected chi connectivity index (χ3v) is 4.38. The Hall–Kier alpha value is -2.01. The van der Waals surface area contributed by atoms with Gasteiger partial charge >= 0.3 is 0 Å². The molecule has 0 heterocycles. The number of hydrogen-bond acceptors (Lipinski definition) is 4. The number of benzene rings is 2. The summed E-state index contributed by atoms with van der Waals surface area (Å²) in [6.07, 6.45) is 0. The van der Waals surface area contributed by atoms with Crippen molar-refractivity contribution in [2.75, 3.05) is 0 Å². The van der Waals surface area contributed by atoms with Gasteiger partial charge in [-0.1, -0.05) is 18.2 Å². The second kappa shape index (κ2) is 4.34. The molecule has 0 amide bonds. The van der Waals surface area contributed by atoms with Crippen molar-refractivity contribution in [3.63, 3.8) is 0 Å². The van der Waals surface area contributed by atoms with E-state index in [0.717, 1.165) is 6.07 Å². The van der Waals surface area contributed by atoms with E-state index in [1.54, 1.807) is 18.2 Å². The quantitative estimate of drug-likeness (QED) is 0.816. The van der Waals surface area contributed by atoms with Crippen LogP contribution in [0.2, 0.25) is 0 Å². The number of hydrogen-bond donors (Lipinski definition) is 2. The minimum Gasteiger partial charge on any atom is -0.508 e. The molecule has 0 aromatic heterocycles. The van der Waals surface area contributed by atoms with Crippen molar-refractivity contribution in [3.8, 4) is 11.5 Å². The van der Waals surface area contributed by atoms with Crippen LogP contribution in [0, 0.1) is 6.92 Å². The van der Waals surface area contributed by atoms with Crippen LogP contribution < -0.4 is 0 Å². The largest absolute Gasteiger partial charge is 0.508 e. The van der Waals surface area contributed by atoms with E-state index in [1.807, 2.05) is 0 Å². The molecule has 18 heavy (non-hydrogen) atoms. The Labute approximate surface area is 105 Å². The van der Waals surface area contributed by atoms with E-state index in [0.29, 0.717) is 5.56 Å². The first kappa shape index (κ1) is 12.4. The standard InChI is InChI=1S/C13H12O4S/c1-9-7-10(14)8-12(13(9)15)18(16,17)11-5-3-2-4-6-11/h2-8,14-15H,1H3. The molecule has 2 rings (SSSR count). The van der Waals surface area contributed by atoms with E-state index in [2.05, 4.69) is 0 Å². The first-order valence-electron chi connectivity index (χ1n) is 5.25. The lowest BCUT2D eigenvalue weighted by molar-refractivity contribution is 0.441. The van der Waals surface area contributed by atoms with Gasteiger partial charge in [-0.2, -0.15) is 0 Å². The van der Waals surface area contributed by atoms with Gasteiger partial charge in [0.1, 0.15) is 16.4 Å². The van der Waals surface area contributed by atoms with Gasteiger partial charge in [0.05, 0.1) is 4.90 Å². The lowest BCUT2D eigenvalue weighted by atomic mass is 10.2. The predicted molar refractivity (Wildman–Crippen MR) is 66.4 cm³/mol. The lowest BCUT2D eigenvalue weighted by Gasteiger charge is -2.09. The molecular formula is C13H12O4S. The van der Waals surface area contributed by atoms with Crippen LogP contribution in [-0.2, 0) is 9.84 Å². The molecule has 0 saturated heterocycles. The van der Waals surface area contributed by atoms with Crippen molar-refractivity contribution in [3.05, 3.63) is 48.0 Å². The van der Waals surface area contributed by atoms with Crippen LogP contribution in [0.15, 0.2) is 52.3 Å². The van der Waals surface area contributed by atoms with Crippen molar-refractivity contribution in [1.82, 2.24) is 0 Å². The summed E-state index contributed by atoms with van der Waals surface area (Å²) < 4.78 is 24.6. The van der Waals surface area contributed by atoms with E-state index < -0.39 is 9.84 Å². The molecule has 2 N–H and O–H groups in total. The highest BCUT2D eigenvalue weighted by Gasteiger charge is 2.23. The number of aryl methyl sites for hydroxylation is 1. The fraction of sp³-hybridized carbons (Fsp3) is 0.0769. The third kappa shape index (κ3) is 2.04. The molecule has 0 aliphatic rings. The predicted octanol–water partition coefficient (Wildman–Crippen LogP) is 2.24. The molecule has 2 aromatic rings. The second-order valence-electron chi connectivity index (χ2n) is 3.93. The lowest BCUT2D eigenvalue weighted by Crippen LogP contribution is -2.02. The SMILES string of the molecule is Cc1cc(O)cc(S(=O)(=O)c2ccccc2)c1O. The van der Waals surface area contributed by atoms with Gasteiger partial charge in [-0.3, -0.25) is 0 Å². The Morgan fingerprint density at radius 1 is 1.00 bits per heavy atom. The van der Waals surface area contributed by atoms with Gasteiger partial charge in [-0.15, -0.1) is 0 Å². The molecule has 0 spiro atoms. The van der Waals surface area contributed by atoms with E-state index in [9.17, 15) is 18.6 Å². The fourth-order valence-corrected chi connectivity index (χ4v) is 3.12. The minimum atomic E-state index is -3.82. The number of phenols is 2. The molecule has 5 heteroatoms. The normalized spacial score (nSPS) is 11.4. The Morgan fingerprint density at radius 2 is 1.61 bits per heavy atom. The zero-order chi connectivity index (χ0) is 13.3. The highest BCUT2D eigenvalue weighted by Crippen LogP contribution is 2.34. The summed E-state index contributed by atoms with van der Waals surface area (Å²) in [5.74, 6) is -0.531. The number of phenolic OH excluding ortho intramolecular Hbond substituents is 2. The van der Waals surface area contributed by atoms with Crippen LogP contribution in [0.3, 0.4) is 0 Å². The highest BCUT2D eigenvalue weighted by atomic mass is 32.2. The first-order valence-corrected chi connectivity index (χ1v) is 6.74. The summed E-state index contributed by atoms with van der Waals surface area (Å²) in [4.78, 5) is -0.212. The van der Waals surface area contributed by atoms with E-state index in [4.69, 9.17) is 0 Å². The molecule has 4 nitrogen and oxygen atoms in total. The van der Waals surface area contributed by atoms with Crippen molar-refractivity contribution in [2.45, 2.75) is 16.7 Å². The third-order valence-electron chi connectivity index (χ3n) is 2.59. The average Bonchev–Trinajstić information content (AvgIpc) is 2.34. The van der Waals surface area contributed by atoms with Crippen molar-refractivity contribution in [2.24, 2.45) is 0 Å². The summed E-state index contributed by atoms with van der Waals surface area (Å²) in [5.41, 5.74) is 0.310. The summed E-state index contributed by atoms with van der Waals surface area (Å²) in [6.45, 7) is 1.53. The molecule has 0 aliphatic heterocycles. The number of sulfone groups is 1. The zero-order valence-electron chi connectivity index (χ0n) is 9.66. The molecule has 0 atom stereocenters. The number of aromatic hydroxyl groups is 2. The van der Waals surface area contributed by atoms with Crippen LogP contribution in [0.25, 0.3) is 0 Å². The monoisotopic (exact) mass is 264 g/mol. The smallest absolute Gasteiger partial charge is 0.210 e. The van der Waals surface area contributed by atoms with Crippen molar-refractivity contribution >= 4 is 9.84 Å². The van der Waals surface area contributed by atoms with Gasteiger partial charge in [-0.05, 0) is 30.7 Å². The Kier molecular flexibility index (Phi) is 3.00. The maximum atomic E-state index is 12.3. The molecule has 0 unspecified atom stereocenters. The Bertz CT molecular complexity index is 676. The number of rotatable bonds is 2. The zero-order valence-corrected chi connectivity index (χ0v) is 10.5. The van der Waals surface area contributed by atoms with Crippen LogP contribution in [0.5, 0.6) is 11.5 Å². The highest BCUT2D eigenvalue weighted by molar-refractivity contribution is 7.91. The van der Waals surface area contributed by atoms with Gasteiger partial charge in [0.25, 0.3) is 0 Å². The second-order valence-corrected chi connectivity index (χ2v) is 5.84. The molecule has 0 aliphatic carbocycles. The first-order chi connectivity index (χ1) is 8.43. The molecule has 0 radical (unpaired) electrons. The van der Waals surface area contributed by atoms with Gasteiger partial charge in [-0.25, -0.2) is 8.42 Å². The van der Waals surface area contributed by atoms with Crippen molar-refractivity contribution in [1.29, 1.82) is 0 Å². The van der Waals surface area contributed by atoms with Crippen LogP contribution in [-0.4, -0.2) is 18.6 Å². The van der Waals surface area contributed by atoms with Gasteiger partial charge in [0.2, 0.25) is 9.84 Å². The van der Waals surface area contributed by atoms with Crippen LogP contribution >= 0.6 is 0 Å². The van der Waals surface area contributed by atoms with E-state index in [-0.39, 0.29) is 21.3 Å². The molecule has 0 fully saturated rings.